The van der Waals surface area contributed by atoms with Crippen molar-refractivity contribution in [1.82, 2.24) is 0 Å². The zero-order chi connectivity index (χ0) is 21.1. The van der Waals surface area contributed by atoms with Crippen LogP contribution in [0.25, 0.3) is 0 Å². The van der Waals surface area contributed by atoms with Crippen molar-refractivity contribution < 1.29 is 22.7 Å². The lowest BCUT2D eigenvalue weighted by atomic mass is 10.2. The number of sulfonamides is 1. The molecule has 0 aliphatic heterocycles. The summed E-state index contributed by atoms with van der Waals surface area (Å²) in [5.74, 6) is 0.336. The quantitative estimate of drug-likeness (QED) is 0.698. The Morgan fingerprint density at radius 1 is 1.11 bits per heavy atom. The number of amides is 1. The third-order valence-electron chi connectivity index (χ3n) is 3.90. The standard InChI is InChI=1S/C18H20Cl2N2O5S/c1-11(18(23)21-15-8-6-13(26-2)10-17(15)27-3)22(28(4,24)25)16-9-12(19)5-7-14(16)20/h5-11H,1-4H3,(H,21,23)/t11-/m1/s1. The summed E-state index contributed by atoms with van der Waals surface area (Å²) in [7, 11) is -0.887. The topological polar surface area (TPSA) is 84.9 Å². The third kappa shape index (κ3) is 5.01. The van der Waals surface area contributed by atoms with E-state index < -0.39 is 22.0 Å². The van der Waals surface area contributed by atoms with Gasteiger partial charge in [0.1, 0.15) is 17.5 Å². The van der Waals surface area contributed by atoms with Crippen molar-refractivity contribution >= 4 is 50.5 Å². The van der Waals surface area contributed by atoms with E-state index in [1.807, 2.05) is 0 Å². The summed E-state index contributed by atoms with van der Waals surface area (Å²) in [4.78, 5) is 12.8. The minimum Gasteiger partial charge on any atom is -0.497 e. The molecule has 28 heavy (non-hydrogen) atoms. The fourth-order valence-electron chi connectivity index (χ4n) is 2.57. The van der Waals surface area contributed by atoms with Crippen LogP contribution in [0.4, 0.5) is 11.4 Å². The average Bonchev–Trinajstić information content (AvgIpc) is 2.63. The van der Waals surface area contributed by atoms with Crippen LogP contribution in [0.1, 0.15) is 6.92 Å². The number of ether oxygens (including phenoxy) is 2. The molecule has 0 spiro atoms. The average molecular weight is 447 g/mol. The van der Waals surface area contributed by atoms with Gasteiger partial charge in [-0.15, -0.1) is 0 Å². The molecule has 2 aromatic rings. The Morgan fingerprint density at radius 2 is 1.79 bits per heavy atom. The molecule has 1 amide bonds. The highest BCUT2D eigenvalue weighted by Crippen LogP contribution is 2.33. The Labute approximate surface area is 174 Å². The summed E-state index contributed by atoms with van der Waals surface area (Å²) in [5, 5.41) is 3.11. The normalized spacial score (nSPS) is 12.2. The van der Waals surface area contributed by atoms with E-state index in [0.29, 0.717) is 17.2 Å². The minimum absolute atomic E-state index is 0.112. The van der Waals surface area contributed by atoms with Crippen LogP contribution in [0.15, 0.2) is 36.4 Å². The Morgan fingerprint density at radius 3 is 2.36 bits per heavy atom. The fourth-order valence-corrected chi connectivity index (χ4v) is 4.18. The van der Waals surface area contributed by atoms with Gasteiger partial charge >= 0.3 is 0 Å². The van der Waals surface area contributed by atoms with E-state index in [0.717, 1.165) is 10.6 Å². The van der Waals surface area contributed by atoms with Crippen molar-refractivity contribution in [2.45, 2.75) is 13.0 Å². The number of benzene rings is 2. The molecule has 0 saturated heterocycles. The van der Waals surface area contributed by atoms with Gasteiger partial charge in [0.05, 0.1) is 36.9 Å². The molecule has 7 nitrogen and oxygen atoms in total. The summed E-state index contributed by atoms with van der Waals surface area (Å²) in [6.45, 7) is 1.45. The fraction of sp³-hybridized carbons (Fsp3) is 0.278. The van der Waals surface area contributed by atoms with Gasteiger partial charge in [0.15, 0.2) is 0 Å². The van der Waals surface area contributed by atoms with Gasteiger partial charge in [0.25, 0.3) is 0 Å². The lowest BCUT2D eigenvalue weighted by Crippen LogP contribution is -2.45. The number of rotatable bonds is 7. The molecule has 0 aliphatic rings. The number of anilines is 2. The molecule has 0 heterocycles. The second-order valence-corrected chi connectivity index (χ2v) is 8.59. The van der Waals surface area contributed by atoms with Gasteiger partial charge in [-0.05, 0) is 37.3 Å². The number of hydrogen-bond acceptors (Lipinski definition) is 5. The van der Waals surface area contributed by atoms with Gasteiger partial charge in [-0.3, -0.25) is 9.10 Å². The minimum atomic E-state index is -3.84. The predicted octanol–water partition coefficient (Wildman–Crippen LogP) is 3.80. The number of methoxy groups -OCH3 is 2. The van der Waals surface area contributed by atoms with Gasteiger partial charge < -0.3 is 14.8 Å². The van der Waals surface area contributed by atoms with Crippen molar-refractivity contribution in [3.05, 3.63) is 46.4 Å². The Balaban J connectivity index is 2.39. The molecular weight excluding hydrogens is 427 g/mol. The SMILES string of the molecule is COc1ccc(NC(=O)[C@@H](C)N(c2cc(Cl)ccc2Cl)S(C)(=O)=O)c(OC)c1. The van der Waals surface area contributed by atoms with Crippen LogP contribution in [0.2, 0.25) is 10.0 Å². The monoisotopic (exact) mass is 446 g/mol. The molecule has 2 rings (SSSR count). The van der Waals surface area contributed by atoms with E-state index >= 15 is 0 Å². The van der Waals surface area contributed by atoms with E-state index in [2.05, 4.69) is 5.32 Å². The first kappa shape index (κ1) is 22.1. The lowest BCUT2D eigenvalue weighted by Gasteiger charge is -2.29. The third-order valence-corrected chi connectivity index (χ3v) is 5.68. The van der Waals surface area contributed by atoms with Crippen LogP contribution >= 0.6 is 23.2 Å². The van der Waals surface area contributed by atoms with Crippen molar-refractivity contribution in [2.24, 2.45) is 0 Å². The first-order valence-corrected chi connectivity index (χ1v) is 10.7. The highest BCUT2D eigenvalue weighted by Gasteiger charge is 2.31. The first-order chi connectivity index (χ1) is 13.1. The molecule has 1 N–H and O–H groups in total. The molecule has 2 aromatic carbocycles. The molecule has 0 bridgehead atoms. The molecule has 0 fully saturated rings. The van der Waals surface area contributed by atoms with Gasteiger partial charge in [-0.1, -0.05) is 23.2 Å². The number of nitrogens with zero attached hydrogens (tertiary/aromatic N) is 1. The van der Waals surface area contributed by atoms with Gasteiger partial charge in [0, 0.05) is 11.1 Å². The molecule has 10 heteroatoms. The Hall–Kier alpha value is -2.16. The van der Waals surface area contributed by atoms with Crippen LogP contribution < -0.4 is 19.1 Å². The zero-order valence-corrected chi connectivity index (χ0v) is 18.0. The highest BCUT2D eigenvalue weighted by atomic mass is 35.5. The van der Waals surface area contributed by atoms with Crippen molar-refractivity contribution in [3.63, 3.8) is 0 Å². The molecule has 1 atom stereocenters. The number of nitrogens with one attached hydrogen (secondary N) is 1. The molecule has 0 radical (unpaired) electrons. The van der Waals surface area contributed by atoms with Gasteiger partial charge in [-0.25, -0.2) is 8.42 Å². The van der Waals surface area contributed by atoms with Gasteiger partial charge in [-0.2, -0.15) is 0 Å². The Kier molecular flexibility index (Phi) is 7.03. The maximum atomic E-state index is 12.8. The van der Waals surface area contributed by atoms with E-state index in [-0.39, 0.29) is 15.7 Å². The number of hydrogen-bond donors (Lipinski definition) is 1. The number of halogens is 2. The summed E-state index contributed by atoms with van der Waals surface area (Å²) < 4.78 is 36.1. The smallest absolute Gasteiger partial charge is 0.248 e. The van der Waals surface area contributed by atoms with Crippen molar-refractivity contribution in [1.29, 1.82) is 0 Å². The van der Waals surface area contributed by atoms with Gasteiger partial charge in [0.2, 0.25) is 15.9 Å². The van der Waals surface area contributed by atoms with Crippen LogP contribution in [0, 0.1) is 0 Å². The number of carbonyl (C=O) groups is 1. The van der Waals surface area contributed by atoms with Crippen LogP contribution in [-0.2, 0) is 14.8 Å². The summed E-state index contributed by atoms with van der Waals surface area (Å²) in [6.07, 6.45) is 0.988. The molecule has 0 saturated carbocycles. The van der Waals surface area contributed by atoms with E-state index in [4.69, 9.17) is 32.7 Å². The largest absolute Gasteiger partial charge is 0.497 e. The van der Waals surface area contributed by atoms with E-state index in [1.165, 1.54) is 39.3 Å². The molecule has 0 unspecified atom stereocenters. The van der Waals surface area contributed by atoms with E-state index in [1.54, 1.807) is 18.2 Å². The molecular formula is C18H20Cl2N2O5S. The maximum absolute atomic E-state index is 12.8. The van der Waals surface area contributed by atoms with Crippen molar-refractivity contribution in [2.75, 3.05) is 30.1 Å². The summed E-state index contributed by atoms with van der Waals surface area (Å²) >= 11 is 12.1. The molecule has 0 aromatic heterocycles. The zero-order valence-electron chi connectivity index (χ0n) is 15.7. The summed E-state index contributed by atoms with van der Waals surface area (Å²) in [6, 6.07) is 8.11. The molecule has 0 aliphatic carbocycles. The summed E-state index contributed by atoms with van der Waals surface area (Å²) in [5.41, 5.74) is 0.479. The lowest BCUT2D eigenvalue weighted by molar-refractivity contribution is -0.116. The number of carbonyl (C=O) groups excluding carboxylic acids is 1. The Bertz CT molecular complexity index is 982. The highest BCUT2D eigenvalue weighted by molar-refractivity contribution is 7.92. The first-order valence-electron chi connectivity index (χ1n) is 8.05. The predicted molar refractivity (Wildman–Crippen MR) is 111 cm³/mol. The van der Waals surface area contributed by atoms with Crippen LogP contribution in [-0.4, -0.2) is 40.8 Å². The van der Waals surface area contributed by atoms with Crippen LogP contribution in [0.3, 0.4) is 0 Å². The maximum Gasteiger partial charge on any atom is 0.248 e. The van der Waals surface area contributed by atoms with Crippen molar-refractivity contribution in [3.8, 4) is 11.5 Å². The molecule has 152 valence electrons. The van der Waals surface area contributed by atoms with E-state index in [9.17, 15) is 13.2 Å². The second kappa shape index (κ2) is 8.89. The second-order valence-electron chi connectivity index (χ2n) is 5.89. The van der Waals surface area contributed by atoms with Crippen LogP contribution in [0.5, 0.6) is 11.5 Å².